The summed E-state index contributed by atoms with van der Waals surface area (Å²) in [5.74, 6) is 1.51. The van der Waals surface area contributed by atoms with E-state index in [9.17, 15) is 0 Å². The van der Waals surface area contributed by atoms with Crippen LogP contribution in [0.4, 0.5) is 11.6 Å². The lowest BCUT2D eigenvalue weighted by Gasteiger charge is -2.13. The average Bonchev–Trinajstić information content (AvgIpc) is 2.79. The molecule has 0 amide bonds. The van der Waals surface area contributed by atoms with Crippen LogP contribution in [0.3, 0.4) is 0 Å². The molecule has 0 fully saturated rings. The summed E-state index contributed by atoms with van der Waals surface area (Å²) < 4.78 is 0. The van der Waals surface area contributed by atoms with Gasteiger partial charge in [0.25, 0.3) is 0 Å². The Hall–Kier alpha value is -4.12. The topological polar surface area (TPSA) is 63.6 Å². The van der Waals surface area contributed by atoms with Crippen molar-refractivity contribution in [3.05, 3.63) is 83.2 Å². The molecule has 0 unspecified atom stereocenters. The lowest BCUT2D eigenvalue weighted by atomic mass is 10.0. The number of pyridine rings is 4. The molecule has 0 saturated heterocycles. The Labute approximate surface area is 191 Å². The number of hydrogen-bond acceptors (Lipinski definition) is 5. The van der Waals surface area contributed by atoms with Crippen LogP contribution in [0.1, 0.15) is 22.3 Å². The third kappa shape index (κ3) is 3.08. The number of benzene rings is 2. The fourth-order valence-electron chi connectivity index (χ4n) is 4.68. The quantitative estimate of drug-likeness (QED) is 0.305. The average molecular weight is 430 g/mol. The van der Waals surface area contributed by atoms with Crippen molar-refractivity contribution >= 4 is 55.2 Å². The molecule has 0 aliphatic heterocycles. The van der Waals surface area contributed by atoms with Crippen molar-refractivity contribution in [1.29, 1.82) is 0 Å². The fraction of sp³-hybridized carbons (Fsp3) is 0.143. The van der Waals surface area contributed by atoms with Gasteiger partial charge in [0.05, 0.1) is 22.1 Å². The van der Waals surface area contributed by atoms with E-state index < -0.39 is 0 Å². The molecule has 33 heavy (non-hydrogen) atoms. The molecule has 1 N–H and O–H groups in total. The third-order valence-corrected chi connectivity index (χ3v) is 6.49. The lowest BCUT2D eigenvalue weighted by Crippen LogP contribution is -2.00. The van der Waals surface area contributed by atoms with Crippen LogP contribution in [0.15, 0.2) is 60.9 Å². The molecule has 5 heteroatoms. The SMILES string of the molecule is Cc1ccnc2c1ccc1c(C)cc(Nc3cc(C)c4ccc5c(C)ccnc5c4n3)nc12. The van der Waals surface area contributed by atoms with Gasteiger partial charge in [-0.1, -0.05) is 24.3 Å². The van der Waals surface area contributed by atoms with E-state index in [1.807, 2.05) is 24.5 Å². The first kappa shape index (κ1) is 19.6. The fourth-order valence-corrected chi connectivity index (χ4v) is 4.68. The van der Waals surface area contributed by atoms with Gasteiger partial charge in [-0.05, 0) is 74.2 Å². The van der Waals surface area contributed by atoms with Crippen LogP contribution in [-0.4, -0.2) is 19.9 Å². The molecule has 160 valence electrons. The molecule has 2 aromatic carbocycles. The van der Waals surface area contributed by atoms with E-state index >= 15 is 0 Å². The van der Waals surface area contributed by atoms with Crippen LogP contribution in [0.2, 0.25) is 0 Å². The molecule has 6 rings (SSSR count). The zero-order valence-electron chi connectivity index (χ0n) is 19.1. The molecule has 0 saturated carbocycles. The Morgan fingerprint density at radius 3 is 1.30 bits per heavy atom. The van der Waals surface area contributed by atoms with E-state index in [0.717, 1.165) is 66.4 Å². The number of fused-ring (bicyclic) bond motifs is 6. The maximum Gasteiger partial charge on any atom is 0.132 e. The number of nitrogens with one attached hydrogen (secondary N) is 1. The molecule has 5 nitrogen and oxygen atoms in total. The van der Waals surface area contributed by atoms with Crippen molar-refractivity contribution in [3.8, 4) is 0 Å². The lowest BCUT2D eigenvalue weighted by molar-refractivity contribution is 1.28. The molecule has 0 bridgehead atoms. The van der Waals surface area contributed by atoms with Gasteiger partial charge in [0.1, 0.15) is 11.6 Å². The summed E-state index contributed by atoms with van der Waals surface area (Å²) in [6.07, 6.45) is 3.70. The molecule has 0 radical (unpaired) electrons. The standard InChI is InChI=1S/C28H23N5/c1-15-9-11-29-25-19(15)5-7-21-17(3)13-23(32-27(21)25)31-24-14-18(4)22-8-6-20-16(2)10-12-30-26(20)28(22)33-24/h5-14H,1-4H3,(H,31,32,33). The van der Waals surface area contributed by atoms with Crippen molar-refractivity contribution in [2.75, 3.05) is 5.32 Å². The van der Waals surface area contributed by atoms with Gasteiger partial charge >= 0.3 is 0 Å². The molecule has 4 heterocycles. The smallest absolute Gasteiger partial charge is 0.132 e. The Kier molecular flexibility index (Phi) is 4.27. The van der Waals surface area contributed by atoms with Crippen LogP contribution in [0.25, 0.3) is 43.6 Å². The molecular formula is C28H23N5. The zero-order chi connectivity index (χ0) is 22.7. The second kappa shape index (κ2) is 7.20. The van der Waals surface area contributed by atoms with Gasteiger partial charge in [0.15, 0.2) is 0 Å². The Balaban J connectivity index is 1.54. The van der Waals surface area contributed by atoms with E-state index in [-0.39, 0.29) is 0 Å². The zero-order valence-corrected chi connectivity index (χ0v) is 19.1. The molecule has 6 aromatic rings. The maximum absolute atomic E-state index is 4.96. The monoisotopic (exact) mass is 429 g/mol. The summed E-state index contributed by atoms with van der Waals surface area (Å²) in [6.45, 7) is 8.42. The minimum absolute atomic E-state index is 0.756. The van der Waals surface area contributed by atoms with E-state index in [1.54, 1.807) is 0 Å². The first-order valence-electron chi connectivity index (χ1n) is 11.1. The number of aryl methyl sites for hydroxylation is 4. The largest absolute Gasteiger partial charge is 0.325 e. The number of rotatable bonds is 2. The molecule has 0 spiro atoms. The Morgan fingerprint density at radius 1 is 0.485 bits per heavy atom. The van der Waals surface area contributed by atoms with Crippen molar-refractivity contribution in [2.24, 2.45) is 0 Å². The molecule has 4 aromatic heterocycles. The van der Waals surface area contributed by atoms with E-state index in [4.69, 9.17) is 9.97 Å². The summed E-state index contributed by atoms with van der Waals surface area (Å²) in [5, 5.41) is 7.92. The summed E-state index contributed by atoms with van der Waals surface area (Å²) in [7, 11) is 0. The third-order valence-electron chi connectivity index (χ3n) is 6.49. The molecule has 0 aliphatic carbocycles. The second-order valence-corrected chi connectivity index (χ2v) is 8.75. The highest BCUT2D eigenvalue weighted by atomic mass is 15.1. The number of hydrogen-bond donors (Lipinski definition) is 1. The van der Waals surface area contributed by atoms with Crippen molar-refractivity contribution in [2.45, 2.75) is 27.7 Å². The molecule has 0 atom stereocenters. The van der Waals surface area contributed by atoms with Gasteiger partial charge in [0, 0.05) is 33.9 Å². The molecular weight excluding hydrogens is 406 g/mol. The van der Waals surface area contributed by atoms with Crippen molar-refractivity contribution < 1.29 is 0 Å². The summed E-state index contributed by atoms with van der Waals surface area (Å²) in [4.78, 5) is 19.2. The van der Waals surface area contributed by atoms with Gasteiger partial charge in [0.2, 0.25) is 0 Å². The van der Waals surface area contributed by atoms with Gasteiger partial charge in [-0.15, -0.1) is 0 Å². The highest BCUT2D eigenvalue weighted by molar-refractivity contribution is 6.06. The Morgan fingerprint density at radius 2 is 0.879 bits per heavy atom. The highest BCUT2D eigenvalue weighted by Gasteiger charge is 2.12. The summed E-state index contributed by atoms with van der Waals surface area (Å²) in [6, 6.07) is 16.7. The normalized spacial score (nSPS) is 11.6. The first-order chi connectivity index (χ1) is 16.0. The van der Waals surface area contributed by atoms with Gasteiger partial charge in [-0.25, -0.2) is 9.97 Å². The first-order valence-corrected chi connectivity index (χ1v) is 11.1. The number of aromatic nitrogens is 4. The van der Waals surface area contributed by atoms with Gasteiger partial charge in [-0.2, -0.15) is 0 Å². The van der Waals surface area contributed by atoms with Crippen LogP contribution in [-0.2, 0) is 0 Å². The summed E-state index contributed by atoms with van der Waals surface area (Å²) in [5.41, 5.74) is 8.33. The maximum atomic E-state index is 4.96. The van der Waals surface area contributed by atoms with E-state index in [2.05, 4.69) is 79.4 Å². The number of nitrogens with zero attached hydrogens (tertiary/aromatic N) is 4. The van der Waals surface area contributed by atoms with Gasteiger partial charge < -0.3 is 5.32 Å². The predicted molar refractivity (Wildman–Crippen MR) is 136 cm³/mol. The van der Waals surface area contributed by atoms with E-state index in [1.165, 1.54) is 11.1 Å². The number of anilines is 2. The van der Waals surface area contributed by atoms with Crippen LogP contribution in [0.5, 0.6) is 0 Å². The van der Waals surface area contributed by atoms with Crippen molar-refractivity contribution in [1.82, 2.24) is 19.9 Å². The summed E-state index contributed by atoms with van der Waals surface area (Å²) >= 11 is 0. The molecule has 0 aliphatic rings. The van der Waals surface area contributed by atoms with Gasteiger partial charge in [-0.3, -0.25) is 9.97 Å². The van der Waals surface area contributed by atoms with E-state index in [0.29, 0.717) is 0 Å². The van der Waals surface area contributed by atoms with Crippen LogP contribution >= 0.6 is 0 Å². The van der Waals surface area contributed by atoms with Crippen LogP contribution < -0.4 is 5.32 Å². The Bertz CT molecular complexity index is 1610. The van der Waals surface area contributed by atoms with Crippen molar-refractivity contribution in [3.63, 3.8) is 0 Å². The second-order valence-electron chi connectivity index (χ2n) is 8.75. The highest BCUT2D eigenvalue weighted by Crippen LogP contribution is 2.31. The minimum atomic E-state index is 0.756. The predicted octanol–water partition coefficient (Wildman–Crippen LogP) is 6.86. The van der Waals surface area contributed by atoms with Crippen LogP contribution in [0, 0.1) is 27.7 Å². The minimum Gasteiger partial charge on any atom is -0.325 e.